The zero-order valence-corrected chi connectivity index (χ0v) is 13.7. The second kappa shape index (κ2) is 6.11. The summed E-state index contributed by atoms with van der Waals surface area (Å²) in [7, 11) is -2.93. The number of hydrogen-bond acceptors (Lipinski definition) is 5. The highest BCUT2D eigenvalue weighted by atomic mass is 32.2. The van der Waals surface area contributed by atoms with E-state index in [-0.39, 0.29) is 17.5 Å². The molecule has 2 aromatic rings. The lowest BCUT2D eigenvalue weighted by Crippen LogP contribution is -2.27. The van der Waals surface area contributed by atoms with Crippen LogP contribution in [0.15, 0.2) is 12.3 Å². The zero-order chi connectivity index (χ0) is 15.6. The highest BCUT2D eigenvalue weighted by molar-refractivity contribution is 7.91. The quantitative estimate of drug-likeness (QED) is 0.873. The first kappa shape index (κ1) is 15.9. The Morgan fingerprint density at radius 1 is 1.38 bits per heavy atom. The number of nitrogens with zero attached hydrogens (tertiary/aromatic N) is 3. The van der Waals surface area contributed by atoms with E-state index < -0.39 is 9.84 Å². The number of aryl methyl sites for hydroxylation is 2. The topological polar surface area (TPSA) is 76.4 Å². The van der Waals surface area contributed by atoms with Crippen molar-refractivity contribution in [1.82, 2.24) is 19.9 Å². The summed E-state index contributed by atoms with van der Waals surface area (Å²) in [5, 5.41) is 7.66. The normalized spacial score (nSPS) is 13.7. The molecule has 0 aliphatic carbocycles. The van der Waals surface area contributed by atoms with Gasteiger partial charge in [-0.2, -0.15) is 5.10 Å². The van der Waals surface area contributed by atoms with E-state index in [0.717, 1.165) is 22.6 Å². The summed E-state index contributed by atoms with van der Waals surface area (Å²) in [6.07, 6.45) is 1.83. The monoisotopic (exact) mass is 310 g/mol. The lowest BCUT2D eigenvalue weighted by Gasteiger charge is -2.16. The summed E-state index contributed by atoms with van der Waals surface area (Å²) in [6.45, 7) is 8.04. The van der Waals surface area contributed by atoms with Crippen molar-refractivity contribution in [3.63, 3.8) is 0 Å². The van der Waals surface area contributed by atoms with Crippen molar-refractivity contribution in [2.45, 2.75) is 33.7 Å². The Morgan fingerprint density at radius 3 is 2.76 bits per heavy atom. The molecule has 1 atom stereocenters. The van der Waals surface area contributed by atoms with Gasteiger partial charge >= 0.3 is 0 Å². The van der Waals surface area contributed by atoms with Gasteiger partial charge in [-0.1, -0.05) is 6.92 Å². The average Bonchev–Trinajstić information content (AvgIpc) is 2.80. The first-order valence-corrected chi connectivity index (χ1v) is 8.92. The molecule has 1 N–H and O–H groups in total. The highest BCUT2D eigenvalue weighted by Crippen LogP contribution is 2.17. The van der Waals surface area contributed by atoms with E-state index >= 15 is 0 Å². The van der Waals surface area contributed by atoms with Crippen LogP contribution in [0, 0.1) is 13.8 Å². The molecule has 0 bridgehead atoms. The molecular formula is C14H22N4O2S. The first-order chi connectivity index (χ1) is 9.84. The Labute approximate surface area is 125 Å². The van der Waals surface area contributed by atoms with E-state index in [0.29, 0.717) is 6.54 Å². The van der Waals surface area contributed by atoms with Gasteiger partial charge in [0.15, 0.2) is 15.5 Å². The number of aromatic nitrogens is 3. The molecular weight excluding hydrogens is 288 g/mol. The van der Waals surface area contributed by atoms with E-state index in [1.807, 2.05) is 37.5 Å². The summed E-state index contributed by atoms with van der Waals surface area (Å²) < 4.78 is 24.8. The van der Waals surface area contributed by atoms with Gasteiger partial charge in [0.05, 0.1) is 11.4 Å². The standard InChI is InChI=1S/C14H22N4O2S/c1-5-21(19,20)7-6-15-11(3)13-9-16-14-8-10(2)17-18(14)12(13)4/h8-9,11,15H,5-7H2,1-4H3. The molecule has 2 heterocycles. The van der Waals surface area contributed by atoms with Crippen LogP contribution in [0.2, 0.25) is 0 Å². The number of rotatable bonds is 6. The number of nitrogens with one attached hydrogen (secondary N) is 1. The van der Waals surface area contributed by atoms with Crippen LogP contribution in [0.25, 0.3) is 5.65 Å². The van der Waals surface area contributed by atoms with Gasteiger partial charge in [0, 0.05) is 41.9 Å². The molecule has 0 amide bonds. The lowest BCUT2D eigenvalue weighted by molar-refractivity contribution is 0.568. The molecule has 21 heavy (non-hydrogen) atoms. The molecule has 0 aromatic carbocycles. The molecule has 0 saturated heterocycles. The molecule has 1 unspecified atom stereocenters. The highest BCUT2D eigenvalue weighted by Gasteiger charge is 2.14. The summed E-state index contributed by atoms with van der Waals surface area (Å²) in [5.74, 6) is 0.339. The van der Waals surface area contributed by atoms with Gasteiger partial charge in [-0.25, -0.2) is 17.9 Å². The lowest BCUT2D eigenvalue weighted by atomic mass is 10.1. The summed E-state index contributed by atoms with van der Waals surface area (Å²) in [5.41, 5.74) is 3.80. The van der Waals surface area contributed by atoms with Crippen molar-refractivity contribution in [3.8, 4) is 0 Å². The maximum Gasteiger partial charge on any atom is 0.155 e. The zero-order valence-electron chi connectivity index (χ0n) is 12.9. The second-order valence-electron chi connectivity index (χ2n) is 5.27. The molecule has 0 aliphatic heterocycles. The minimum atomic E-state index is -2.93. The van der Waals surface area contributed by atoms with Gasteiger partial charge in [-0.3, -0.25) is 0 Å². The predicted octanol–water partition coefficient (Wildman–Crippen LogP) is 1.43. The van der Waals surface area contributed by atoms with Crippen molar-refractivity contribution in [2.75, 3.05) is 18.1 Å². The van der Waals surface area contributed by atoms with Gasteiger partial charge in [0.25, 0.3) is 0 Å². The number of fused-ring (bicyclic) bond motifs is 1. The third-order valence-electron chi connectivity index (χ3n) is 3.65. The fraction of sp³-hybridized carbons (Fsp3) is 0.571. The van der Waals surface area contributed by atoms with E-state index in [9.17, 15) is 8.42 Å². The predicted molar refractivity (Wildman–Crippen MR) is 83.2 cm³/mol. The van der Waals surface area contributed by atoms with E-state index in [4.69, 9.17) is 0 Å². The van der Waals surface area contributed by atoms with Gasteiger partial charge in [0.1, 0.15) is 0 Å². The third kappa shape index (κ3) is 3.59. The Morgan fingerprint density at radius 2 is 2.10 bits per heavy atom. The van der Waals surface area contributed by atoms with Crippen molar-refractivity contribution in [2.24, 2.45) is 0 Å². The minimum Gasteiger partial charge on any atom is -0.309 e. The smallest absolute Gasteiger partial charge is 0.155 e. The summed E-state index contributed by atoms with van der Waals surface area (Å²) in [4.78, 5) is 4.40. The van der Waals surface area contributed by atoms with E-state index in [1.165, 1.54) is 0 Å². The second-order valence-corrected chi connectivity index (χ2v) is 7.74. The molecule has 0 aliphatic rings. The Balaban J connectivity index is 2.12. The Hall–Kier alpha value is -1.47. The summed E-state index contributed by atoms with van der Waals surface area (Å²) >= 11 is 0. The van der Waals surface area contributed by atoms with E-state index in [2.05, 4.69) is 15.4 Å². The van der Waals surface area contributed by atoms with Crippen molar-refractivity contribution < 1.29 is 8.42 Å². The van der Waals surface area contributed by atoms with Crippen LogP contribution in [0.1, 0.15) is 36.8 Å². The van der Waals surface area contributed by atoms with Crippen LogP contribution in [-0.2, 0) is 9.84 Å². The van der Waals surface area contributed by atoms with Gasteiger partial charge in [-0.05, 0) is 20.8 Å². The first-order valence-electron chi connectivity index (χ1n) is 7.09. The van der Waals surface area contributed by atoms with Crippen LogP contribution >= 0.6 is 0 Å². The van der Waals surface area contributed by atoms with Crippen molar-refractivity contribution in [1.29, 1.82) is 0 Å². The van der Waals surface area contributed by atoms with Gasteiger partial charge in [-0.15, -0.1) is 0 Å². The molecule has 0 fully saturated rings. The molecule has 2 aromatic heterocycles. The van der Waals surface area contributed by atoms with E-state index in [1.54, 1.807) is 6.92 Å². The van der Waals surface area contributed by atoms with Crippen LogP contribution in [0.5, 0.6) is 0 Å². The number of hydrogen-bond donors (Lipinski definition) is 1. The van der Waals surface area contributed by atoms with Gasteiger partial charge < -0.3 is 5.32 Å². The largest absolute Gasteiger partial charge is 0.309 e. The van der Waals surface area contributed by atoms with Crippen molar-refractivity contribution >= 4 is 15.5 Å². The molecule has 0 spiro atoms. The molecule has 116 valence electrons. The molecule has 0 saturated carbocycles. The van der Waals surface area contributed by atoms with Crippen LogP contribution in [0.3, 0.4) is 0 Å². The van der Waals surface area contributed by atoms with Crippen LogP contribution in [-0.4, -0.2) is 41.1 Å². The third-order valence-corrected chi connectivity index (χ3v) is 5.36. The molecule has 2 rings (SSSR count). The Kier molecular flexibility index (Phi) is 4.63. The fourth-order valence-corrected chi connectivity index (χ4v) is 3.00. The van der Waals surface area contributed by atoms with Crippen LogP contribution in [0.4, 0.5) is 0 Å². The maximum absolute atomic E-state index is 11.5. The molecule has 7 heteroatoms. The SMILES string of the molecule is CCS(=O)(=O)CCNC(C)c1cnc2cc(C)nn2c1C. The van der Waals surface area contributed by atoms with Gasteiger partial charge in [0.2, 0.25) is 0 Å². The average molecular weight is 310 g/mol. The summed E-state index contributed by atoms with van der Waals surface area (Å²) in [6, 6.07) is 1.96. The molecule has 6 nitrogen and oxygen atoms in total. The number of sulfone groups is 1. The Bertz CT molecular complexity index is 737. The van der Waals surface area contributed by atoms with Crippen LogP contribution < -0.4 is 5.32 Å². The minimum absolute atomic E-state index is 0.0264. The fourth-order valence-electron chi connectivity index (χ4n) is 2.29. The maximum atomic E-state index is 11.5. The van der Waals surface area contributed by atoms with Crippen molar-refractivity contribution in [3.05, 3.63) is 29.2 Å². The molecule has 0 radical (unpaired) electrons.